The summed E-state index contributed by atoms with van der Waals surface area (Å²) in [5, 5.41) is 0. The molecule has 0 aliphatic heterocycles. The van der Waals surface area contributed by atoms with E-state index in [0.29, 0.717) is 0 Å². The average molecular weight is 366 g/mol. The van der Waals surface area contributed by atoms with Gasteiger partial charge in [-0.3, -0.25) is 0 Å². The van der Waals surface area contributed by atoms with Gasteiger partial charge in [0.2, 0.25) is 0 Å². The van der Waals surface area contributed by atoms with E-state index in [1.165, 1.54) is 44.9 Å². The molecule has 19 heavy (non-hydrogen) atoms. The Morgan fingerprint density at radius 1 is 0.895 bits per heavy atom. The fourth-order valence-electron chi connectivity index (χ4n) is 3.35. The summed E-state index contributed by atoms with van der Waals surface area (Å²) in [4.78, 5) is 0. The predicted octanol–water partition coefficient (Wildman–Crippen LogP) is 4.57. The van der Waals surface area contributed by atoms with Gasteiger partial charge in [0.25, 0.3) is 0 Å². The summed E-state index contributed by atoms with van der Waals surface area (Å²) in [5.74, 6) is 0.729. The molecule has 1 saturated carbocycles. The zero-order valence-corrected chi connectivity index (χ0v) is 16.0. The molecule has 0 aromatic rings. The number of hydrogen-bond acceptors (Lipinski definition) is 1. The van der Waals surface area contributed by atoms with E-state index in [4.69, 9.17) is 0 Å². The van der Waals surface area contributed by atoms with Crippen LogP contribution < -0.4 is 3.54 Å². The van der Waals surface area contributed by atoms with Gasteiger partial charge in [0.05, 0.1) is 0 Å². The molecule has 2 aliphatic carbocycles. The van der Waals surface area contributed by atoms with Crippen molar-refractivity contribution < 1.29 is 0 Å². The first-order valence-electron chi connectivity index (χ1n) is 8.01. The van der Waals surface area contributed by atoms with Crippen molar-refractivity contribution in [2.75, 3.05) is 0 Å². The van der Waals surface area contributed by atoms with Crippen molar-refractivity contribution in [3.8, 4) is 0 Å². The second-order valence-electron chi connectivity index (χ2n) is 6.38. The van der Waals surface area contributed by atoms with Crippen molar-refractivity contribution in [3.63, 3.8) is 0 Å². The third-order valence-electron chi connectivity index (χ3n) is 5.16. The number of allylic oxidation sites excluding steroid dienone is 4. The summed E-state index contributed by atoms with van der Waals surface area (Å²) in [6.45, 7) is 9.39. The van der Waals surface area contributed by atoms with E-state index in [2.05, 4.69) is 31.2 Å². The van der Waals surface area contributed by atoms with E-state index in [-0.39, 0.29) is 0 Å². The maximum atomic E-state index is 4.02. The van der Waals surface area contributed by atoms with Crippen molar-refractivity contribution in [2.24, 2.45) is 5.92 Å². The van der Waals surface area contributed by atoms with Gasteiger partial charge in [0, 0.05) is 0 Å². The molecule has 1 atom stereocenters. The van der Waals surface area contributed by atoms with E-state index in [1.54, 1.807) is 20.3 Å². The van der Waals surface area contributed by atoms with Gasteiger partial charge in [-0.15, -0.1) is 0 Å². The molecule has 1 unspecified atom stereocenters. The third kappa shape index (κ3) is 3.87. The standard InChI is InChI=1S/C9H13.C8H16N.Sn/c1-6-5-7(2)9(4)8(6)3;9-8-6-4-2-1-3-5-7-8;/h6H,1-4H3;8-9H,1-7H2;/q;-1;+1. The predicted molar refractivity (Wildman–Crippen MR) is 85.2 cm³/mol. The molecule has 1 nitrogen and oxygen atoms in total. The maximum absolute atomic E-state index is 4.02. The van der Waals surface area contributed by atoms with Gasteiger partial charge in [0.15, 0.2) is 0 Å². The first-order chi connectivity index (χ1) is 9.11. The summed E-state index contributed by atoms with van der Waals surface area (Å²) in [6.07, 6.45) is 10.1. The molecule has 0 amide bonds. The van der Waals surface area contributed by atoms with Gasteiger partial charge >= 0.3 is 130 Å². The molecule has 1 fully saturated rings. The minimum atomic E-state index is -0.559. The Kier molecular flexibility index (Phi) is 6.01. The molecule has 106 valence electrons. The molecule has 2 radical (unpaired) electrons. The summed E-state index contributed by atoms with van der Waals surface area (Å²) in [5.41, 5.74) is 4.81. The second kappa shape index (κ2) is 7.31. The van der Waals surface area contributed by atoms with Crippen molar-refractivity contribution in [1.82, 2.24) is 3.54 Å². The van der Waals surface area contributed by atoms with Crippen LogP contribution in [0, 0.1) is 5.92 Å². The second-order valence-corrected chi connectivity index (χ2v) is 9.45. The van der Waals surface area contributed by atoms with Crippen LogP contribution in [0.2, 0.25) is 0 Å². The van der Waals surface area contributed by atoms with Crippen molar-refractivity contribution in [1.29, 1.82) is 0 Å². The fourth-order valence-corrected chi connectivity index (χ4v) is 7.50. The van der Waals surface area contributed by atoms with E-state index in [9.17, 15) is 0 Å². The van der Waals surface area contributed by atoms with Crippen molar-refractivity contribution in [2.45, 2.75) is 78.7 Å². The van der Waals surface area contributed by atoms with Crippen LogP contribution in [-0.2, 0) is 0 Å². The Morgan fingerprint density at radius 2 is 1.47 bits per heavy atom. The van der Waals surface area contributed by atoms with Gasteiger partial charge in [-0.25, -0.2) is 0 Å². The first-order valence-corrected chi connectivity index (χ1v) is 10.9. The van der Waals surface area contributed by atoms with Gasteiger partial charge in [0.1, 0.15) is 0 Å². The van der Waals surface area contributed by atoms with Crippen LogP contribution >= 0.6 is 0 Å². The van der Waals surface area contributed by atoms with Crippen LogP contribution in [0.15, 0.2) is 20.3 Å². The summed E-state index contributed by atoms with van der Waals surface area (Å²) >= 11 is -0.559. The van der Waals surface area contributed by atoms with Crippen LogP contribution in [0.1, 0.15) is 72.6 Å². The van der Waals surface area contributed by atoms with Crippen LogP contribution in [0.3, 0.4) is 0 Å². The molecular formula is C17H29NSn. The van der Waals surface area contributed by atoms with Crippen molar-refractivity contribution in [3.05, 3.63) is 20.3 Å². The summed E-state index contributed by atoms with van der Waals surface area (Å²) in [7, 11) is 0. The van der Waals surface area contributed by atoms with E-state index < -0.39 is 21.4 Å². The molecule has 1 N–H and O–H groups in total. The zero-order valence-electron chi connectivity index (χ0n) is 13.1. The topological polar surface area (TPSA) is 12.0 Å². The summed E-state index contributed by atoms with van der Waals surface area (Å²) in [6, 6.07) is 0.834. The first kappa shape index (κ1) is 15.6. The molecule has 2 aliphatic rings. The Labute approximate surface area is 129 Å². The number of hydrogen-bond donors (Lipinski definition) is 1. The Hall–Kier alpha value is 0.239. The molecule has 0 heterocycles. The minimum absolute atomic E-state index is 0.559. The third-order valence-corrected chi connectivity index (χ3v) is 9.81. The van der Waals surface area contributed by atoms with Crippen LogP contribution in [0.25, 0.3) is 0 Å². The Bertz CT molecular complexity index is 373. The van der Waals surface area contributed by atoms with E-state index >= 15 is 0 Å². The van der Waals surface area contributed by atoms with Crippen LogP contribution in [-0.4, -0.2) is 27.5 Å². The molecule has 0 spiro atoms. The van der Waals surface area contributed by atoms with E-state index in [0.717, 1.165) is 12.0 Å². The van der Waals surface area contributed by atoms with Crippen LogP contribution in [0.5, 0.6) is 0 Å². The monoisotopic (exact) mass is 367 g/mol. The zero-order chi connectivity index (χ0) is 13.8. The molecule has 0 bridgehead atoms. The number of rotatable bonds is 3. The quantitative estimate of drug-likeness (QED) is 0.722. The molecule has 2 heteroatoms. The van der Waals surface area contributed by atoms with Crippen molar-refractivity contribution >= 4 is 21.4 Å². The van der Waals surface area contributed by atoms with E-state index in [1.807, 2.05) is 0 Å². The fraction of sp³-hybridized carbons (Fsp3) is 0.765. The SMILES string of the molecule is CC1=C(C)C(C)[C]([Sn][NH]C2CCCCCCC2)=C1C. The molecule has 0 aromatic heterocycles. The normalized spacial score (nSPS) is 26.8. The average Bonchev–Trinajstić information content (AvgIpc) is 2.54. The van der Waals surface area contributed by atoms with Gasteiger partial charge in [-0.05, 0) is 0 Å². The van der Waals surface area contributed by atoms with Crippen LogP contribution in [0.4, 0.5) is 0 Å². The Balaban J connectivity index is 1.88. The van der Waals surface area contributed by atoms with Gasteiger partial charge < -0.3 is 0 Å². The molecule has 0 saturated heterocycles. The number of nitrogens with one attached hydrogen (secondary N) is 1. The van der Waals surface area contributed by atoms with Gasteiger partial charge in [-0.2, -0.15) is 0 Å². The molecule has 0 aromatic carbocycles. The van der Waals surface area contributed by atoms with Gasteiger partial charge in [-0.1, -0.05) is 0 Å². The summed E-state index contributed by atoms with van der Waals surface area (Å²) < 4.78 is 5.82. The molecular weight excluding hydrogens is 337 g/mol. The molecule has 2 rings (SSSR count). The Morgan fingerprint density at radius 3 is 2.00 bits per heavy atom.